The van der Waals surface area contributed by atoms with E-state index in [1.807, 2.05) is 0 Å². The lowest BCUT2D eigenvalue weighted by atomic mass is 10.1. The van der Waals surface area contributed by atoms with E-state index in [9.17, 15) is 4.79 Å². The molecule has 4 N–H and O–H groups in total. The van der Waals surface area contributed by atoms with Gasteiger partial charge in [0.2, 0.25) is 0 Å². The second-order valence-electron chi connectivity index (χ2n) is 3.06. The van der Waals surface area contributed by atoms with Crippen LogP contribution >= 0.6 is 15.9 Å². The minimum Gasteiger partial charge on any atom is -0.466 e. The summed E-state index contributed by atoms with van der Waals surface area (Å²) in [7, 11) is 0. The van der Waals surface area contributed by atoms with Crippen LogP contribution in [0.25, 0.3) is 0 Å². The molecule has 0 amide bonds. The van der Waals surface area contributed by atoms with Gasteiger partial charge in [-0.15, -0.1) is 0 Å². The third-order valence-electron chi connectivity index (χ3n) is 1.88. The van der Waals surface area contributed by atoms with Gasteiger partial charge >= 0.3 is 5.97 Å². The molecule has 0 atom stereocenters. The summed E-state index contributed by atoms with van der Waals surface area (Å²) in [5, 5.41) is 0. The fourth-order valence-corrected chi connectivity index (χ4v) is 1.70. The van der Waals surface area contributed by atoms with Crippen molar-refractivity contribution in [1.82, 2.24) is 0 Å². The Balaban J connectivity index is 2.83. The molecule has 4 nitrogen and oxygen atoms in total. The van der Waals surface area contributed by atoms with Gasteiger partial charge in [0.25, 0.3) is 0 Å². The first-order valence-electron chi connectivity index (χ1n) is 4.53. The van der Waals surface area contributed by atoms with E-state index >= 15 is 0 Å². The van der Waals surface area contributed by atoms with Crippen LogP contribution in [0.4, 0.5) is 11.4 Å². The molecule has 0 saturated heterocycles. The van der Waals surface area contributed by atoms with Crippen LogP contribution in [0, 0.1) is 0 Å². The Morgan fingerprint density at radius 2 is 2.13 bits per heavy atom. The first kappa shape index (κ1) is 11.8. The number of nitrogen functional groups attached to an aromatic ring is 2. The van der Waals surface area contributed by atoms with Crippen molar-refractivity contribution in [2.75, 3.05) is 18.1 Å². The zero-order valence-corrected chi connectivity index (χ0v) is 10.0. The van der Waals surface area contributed by atoms with Crippen molar-refractivity contribution < 1.29 is 9.53 Å². The maximum Gasteiger partial charge on any atom is 0.310 e. The number of halogens is 1. The standard InChI is InChI=1S/C10H13BrN2O2/c1-2-15-9(14)5-6-3-7(11)10(13)8(12)4-6/h3-4H,2,5,12-13H2,1H3. The molecule has 15 heavy (non-hydrogen) atoms. The maximum absolute atomic E-state index is 11.2. The van der Waals surface area contributed by atoms with Gasteiger partial charge < -0.3 is 16.2 Å². The maximum atomic E-state index is 11.2. The summed E-state index contributed by atoms with van der Waals surface area (Å²) < 4.78 is 5.53. The lowest BCUT2D eigenvalue weighted by Crippen LogP contribution is -2.08. The molecule has 0 radical (unpaired) electrons. The van der Waals surface area contributed by atoms with Crippen LogP contribution in [0.1, 0.15) is 12.5 Å². The Kier molecular flexibility index (Phi) is 3.96. The number of ether oxygens (including phenoxy) is 1. The Morgan fingerprint density at radius 3 is 2.67 bits per heavy atom. The second kappa shape index (κ2) is 5.02. The van der Waals surface area contributed by atoms with Crippen molar-refractivity contribution in [3.63, 3.8) is 0 Å². The van der Waals surface area contributed by atoms with Crippen LogP contribution in [-0.4, -0.2) is 12.6 Å². The van der Waals surface area contributed by atoms with E-state index in [2.05, 4.69) is 15.9 Å². The van der Waals surface area contributed by atoms with Gasteiger partial charge in [0.15, 0.2) is 0 Å². The number of hydrogen-bond acceptors (Lipinski definition) is 4. The molecule has 82 valence electrons. The van der Waals surface area contributed by atoms with Crippen LogP contribution in [0.3, 0.4) is 0 Å². The number of carbonyl (C=O) groups excluding carboxylic acids is 1. The largest absolute Gasteiger partial charge is 0.466 e. The van der Waals surface area contributed by atoms with Crippen molar-refractivity contribution in [3.05, 3.63) is 22.2 Å². The molecule has 0 bridgehead atoms. The van der Waals surface area contributed by atoms with Crippen molar-refractivity contribution in [2.45, 2.75) is 13.3 Å². The molecule has 0 spiro atoms. The number of hydrogen-bond donors (Lipinski definition) is 2. The number of esters is 1. The van der Waals surface area contributed by atoms with Crippen LogP contribution in [0.5, 0.6) is 0 Å². The predicted molar refractivity (Wildman–Crippen MR) is 63.3 cm³/mol. The molecule has 0 heterocycles. The third-order valence-corrected chi connectivity index (χ3v) is 2.53. The highest BCUT2D eigenvalue weighted by atomic mass is 79.9. The zero-order chi connectivity index (χ0) is 11.4. The quantitative estimate of drug-likeness (QED) is 0.649. The van der Waals surface area contributed by atoms with Crippen LogP contribution < -0.4 is 11.5 Å². The van der Waals surface area contributed by atoms with E-state index in [0.717, 1.165) is 5.56 Å². The Hall–Kier alpha value is -1.23. The summed E-state index contributed by atoms with van der Waals surface area (Å²) in [6.45, 7) is 2.15. The van der Waals surface area contributed by atoms with Crippen LogP contribution in [0.2, 0.25) is 0 Å². The summed E-state index contributed by atoms with van der Waals surface area (Å²) in [5.41, 5.74) is 13.1. The highest BCUT2D eigenvalue weighted by molar-refractivity contribution is 9.10. The monoisotopic (exact) mass is 272 g/mol. The van der Waals surface area contributed by atoms with E-state index in [-0.39, 0.29) is 12.4 Å². The zero-order valence-electron chi connectivity index (χ0n) is 8.42. The summed E-state index contributed by atoms with van der Waals surface area (Å²) in [6, 6.07) is 3.44. The van der Waals surface area contributed by atoms with Gasteiger partial charge in [-0.25, -0.2) is 0 Å². The van der Waals surface area contributed by atoms with Crippen LogP contribution in [0.15, 0.2) is 16.6 Å². The number of nitrogens with two attached hydrogens (primary N) is 2. The highest BCUT2D eigenvalue weighted by Gasteiger charge is 2.08. The van der Waals surface area contributed by atoms with Gasteiger partial charge in [0, 0.05) is 4.47 Å². The van der Waals surface area contributed by atoms with Crippen molar-refractivity contribution >= 4 is 33.3 Å². The average molecular weight is 273 g/mol. The third kappa shape index (κ3) is 3.13. The molecule has 0 aliphatic heterocycles. The van der Waals surface area contributed by atoms with Gasteiger partial charge in [-0.1, -0.05) is 0 Å². The Labute approximate surface area is 96.7 Å². The number of carbonyl (C=O) groups is 1. The highest BCUT2D eigenvalue weighted by Crippen LogP contribution is 2.27. The number of benzene rings is 1. The summed E-state index contributed by atoms with van der Waals surface area (Å²) >= 11 is 3.27. The predicted octanol–water partition coefficient (Wildman–Crippen LogP) is 1.72. The second-order valence-corrected chi connectivity index (χ2v) is 3.92. The molecule has 0 aromatic heterocycles. The van der Waals surface area contributed by atoms with E-state index in [1.54, 1.807) is 19.1 Å². The molecule has 0 unspecified atom stereocenters. The Bertz CT molecular complexity index is 357. The van der Waals surface area contributed by atoms with Gasteiger partial charge in [0.05, 0.1) is 24.4 Å². The number of rotatable bonds is 3. The number of anilines is 2. The van der Waals surface area contributed by atoms with Gasteiger partial charge in [-0.2, -0.15) is 0 Å². The van der Waals surface area contributed by atoms with E-state index < -0.39 is 0 Å². The molecule has 0 aliphatic carbocycles. The first-order valence-corrected chi connectivity index (χ1v) is 5.33. The SMILES string of the molecule is CCOC(=O)Cc1cc(N)c(N)c(Br)c1. The van der Waals surface area contributed by atoms with Gasteiger partial charge in [-0.05, 0) is 40.5 Å². The molecule has 0 fully saturated rings. The fourth-order valence-electron chi connectivity index (χ4n) is 1.18. The molecule has 1 rings (SSSR count). The van der Waals surface area contributed by atoms with Crippen LogP contribution in [-0.2, 0) is 16.0 Å². The lowest BCUT2D eigenvalue weighted by Gasteiger charge is -2.07. The minimum atomic E-state index is -0.270. The molecule has 1 aromatic carbocycles. The summed E-state index contributed by atoms with van der Waals surface area (Å²) in [6.07, 6.45) is 0.205. The fraction of sp³-hybridized carbons (Fsp3) is 0.300. The minimum absolute atomic E-state index is 0.205. The molecule has 0 aliphatic rings. The molecule has 1 aromatic rings. The molecule has 0 saturated carbocycles. The Morgan fingerprint density at radius 1 is 1.47 bits per heavy atom. The first-order chi connectivity index (χ1) is 7.04. The lowest BCUT2D eigenvalue weighted by molar-refractivity contribution is -0.142. The van der Waals surface area contributed by atoms with Gasteiger partial charge in [-0.3, -0.25) is 4.79 Å². The topological polar surface area (TPSA) is 78.3 Å². The van der Waals surface area contributed by atoms with E-state index in [4.69, 9.17) is 16.2 Å². The van der Waals surface area contributed by atoms with E-state index in [1.165, 1.54) is 0 Å². The van der Waals surface area contributed by atoms with E-state index in [0.29, 0.717) is 22.5 Å². The average Bonchev–Trinajstić information content (AvgIpc) is 2.14. The van der Waals surface area contributed by atoms with Crippen molar-refractivity contribution in [2.24, 2.45) is 0 Å². The summed E-state index contributed by atoms with van der Waals surface area (Å²) in [4.78, 5) is 11.2. The van der Waals surface area contributed by atoms with Crippen molar-refractivity contribution in [1.29, 1.82) is 0 Å². The molecule has 5 heteroatoms. The smallest absolute Gasteiger partial charge is 0.310 e. The van der Waals surface area contributed by atoms with Gasteiger partial charge in [0.1, 0.15) is 0 Å². The van der Waals surface area contributed by atoms with Crippen molar-refractivity contribution in [3.8, 4) is 0 Å². The summed E-state index contributed by atoms with van der Waals surface area (Å²) in [5.74, 6) is -0.270. The normalized spacial score (nSPS) is 10.0. The molecular formula is C10H13BrN2O2. The molecular weight excluding hydrogens is 260 g/mol.